The van der Waals surface area contributed by atoms with Gasteiger partial charge in [-0.25, -0.2) is 0 Å². The minimum absolute atomic E-state index is 0.119. The second kappa shape index (κ2) is 7.39. The van der Waals surface area contributed by atoms with Crippen LogP contribution in [0, 0.1) is 0 Å². The SMILES string of the molecule is CC.OC(c1ccccc1)C1CNCCO1. The second-order valence-corrected chi connectivity index (χ2v) is 3.47. The molecule has 1 saturated heterocycles. The van der Waals surface area contributed by atoms with Gasteiger partial charge in [0.2, 0.25) is 0 Å². The number of morpholine rings is 1. The second-order valence-electron chi connectivity index (χ2n) is 3.47. The highest BCUT2D eigenvalue weighted by molar-refractivity contribution is 5.18. The fraction of sp³-hybridized carbons (Fsp3) is 0.538. The van der Waals surface area contributed by atoms with Crippen molar-refractivity contribution >= 4 is 0 Å². The predicted molar refractivity (Wildman–Crippen MR) is 65.4 cm³/mol. The standard InChI is InChI=1S/C11H15NO2.C2H6/c13-11(9-4-2-1-3-5-9)10-8-12-6-7-14-10;1-2/h1-5,10-13H,6-8H2;1-2H3. The van der Waals surface area contributed by atoms with Gasteiger partial charge in [-0.05, 0) is 5.56 Å². The van der Waals surface area contributed by atoms with E-state index in [0.717, 1.165) is 18.7 Å². The lowest BCUT2D eigenvalue weighted by atomic mass is 10.0. The van der Waals surface area contributed by atoms with Crippen LogP contribution in [0.5, 0.6) is 0 Å². The summed E-state index contributed by atoms with van der Waals surface area (Å²) in [5.74, 6) is 0. The van der Waals surface area contributed by atoms with Crippen molar-refractivity contribution in [3.05, 3.63) is 35.9 Å². The molecular formula is C13H21NO2. The summed E-state index contributed by atoms with van der Waals surface area (Å²) >= 11 is 0. The first-order valence-corrected chi connectivity index (χ1v) is 5.93. The van der Waals surface area contributed by atoms with E-state index in [1.54, 1.807) is 0 Å². The van der Waals surface area contributed by atoms with Gasteiger partial charge in [0.1, 0.15) is 6.10 Å². The molecular weight excluding hydrogens is 202 g/mol. The lowest BCUT2D eigenvalue weighted by Gasteiger charge is -2.27. The summed E-state index contributed by atoms with van der Waals surface area (Å²) in [6, 6.07) is 9.63. The Kier molecular flexibility index (Phi) is 6.08. The lowest BCUT2D eigenvalue weighted by molar-refractivity contribution is -0.0536. The Morgan fingerprint density at radius 3 is 2.56 bits per heavy atom. The molecule has 0 saturated carbocycles. The van der Waals surface area contributed by atoms with Gasteiger partial charge in [0, 0.05) is 13.1 Å². The third kappa shape index (κ3) is 3.59. The average molecular weight is 223 g/mol. The summed E-state index contributed by atoms with van der Waals surface area (Å²) in [7, 11) is 0. The van der Waals surface area contributed by atoms with Crippen molar-refractivity contribution in [3.63, 3.8) is 0 Å². The Morgan fingerprint density at radius 1 is 1.31 bits per heavy atom. The Hall–Kier alpha value is -0.900. The highest BCUT2D eigenvalue weighted by Gasteiger charge is 2.23. The molecule has 0 amide bonds. The number of aliphatic hydroxyl groups is 1. The molecule has 1 aliphatic heterocycles. The van der Waals surface area contributed by atoms with E-state index in [0.29, 0.717) is 6.61 Å². The molecule has 0 radical (unpaired) electrons. The summed E-state index contributed by atoms with van der Waals surface area (Å²) in [6.07, 6.45) is -0.643. The number of aliphatic hydroxyl groups excluding tert-OH is 1. The van der Waals surface area contributed by atoms with Crippen LogP contribution in [0.3, 0.4) is 0 Å². The van der Waals surface area contributed by atoms with Crippen LogP contribution in [0.1, 0.15) is 25.5 Å². The van der Waals surface area contributed by atoms with Gasteiger partial charge >= 0.3 is 0 Å². The Morgan fingerprint density at radius 2 is 2.00 bits per heavy atom. The number of hydrogen-bond acceptors (Lipinski definition) is 3. The summed E-state index contributed by atoms with van der Waals surface area (Å²) in [5, 5.41) is 13.2. The molecule has 1 aliphatic rings. The van der Waals surface area contributed by atoms with Gasteiger partial charge in [0.25, 0.3) is 0 Å². The third-order valence-corrected chi connectivity index (χ3v) is 2.45. The van der Waals surface area contributed by atoms with Gasteiger partial charge in [-0.3, -0.25) is 0 Å². The van der Waals surface area contributed by atoms with E-state index in [-0.39, 0.29) is 6.10 Å². The largest absolute Gasteiger partial charge is 0.386 e. The lowest BCUT2D eigenvalue weighted by Crippen LogP contribution is -2.41. The van der Waals surface area contributed by atoms with Crippen LogP contribution >= 0.6 is 0 Å². The van der Waals surface area contributed by atoms with Gasteiger partial charge in [0.05, 0.1) is 12.7 Å². The predicted octanol–water partition coefficient (Wildman–Crippen LogP) is 1.73. The number of rotatable bonds is 2. The van der Waals surface area contributed by atoms with Crippen molar-refractivity contribution in [1.29, 1.82) is 0 Å². The zero-order valence-corrected chi connectivity index (χ0v) is 10.0. The molecule has 1 heterocycles. The fourth-order valence-corrected chi connectivity index (χ4v) is 1.65. The van der Waals surface area contributed by atoms with Crippen LogP contribution in [-0.4, -0.2) is 30.9 Å². The molecule has 0 bridgehead atoms. The zero-order valence-electron chi connectivity index (χ0n) is 10.0. The summed E-state index contributed by atoms with van der Waals surface area (Å²) in [4.78, 5) is 0. The molecule has 0 aliphatic carbocycles. The van der Waals surface area contributed by atoms with E-state index in [1.807, 2.05) is 44.2 Å². The summed E-state index contributed by atoms with van der Waals surface area (Å²) in [6.45, 7) is 6.27. The van der Waals surface area contributed by atoms with Crippen LogP contribution in [0.4, 0.5) is 0 Å². The van der Waals surface area contributed by atoms with Gasteiger partial charge in [-0.1, -0.05) is 44.2 Å². The zero-order chi connectivity index (χ0) is 11.8. The van der Waals surface area contributed by atoms with Gasteiger partial charge in [-0.15, -0.1) is 0 Å². The molecule has 90 valence electrons. The molecule has 2 atom stereocenters. The molecule has 1 fully saturated rings. The number of benzene rings is 1. The first kappa shape index (κ1) is 13.2. The Balaban J connectivity index is 0.000000606. The molecule has 3 heteroatoms. The third-order valence-electron chi connectivity index (χ3n) is 2.45. The van der Waals surface area contributed by atoms with Crippen LogP contribution in [0.2, 0.25) is 0 Å². The highest BCUT2D eigenvalue weighted by atomic mass is 16.5. The maximum atomic E-state index is 9.98. The van der Waals surface area contributed by atoms with Gasteiger partial charge < -0.3 is 15.2 Å². The quantitative estimate of drug-likeness (QED) is 0.802. The fourth-order valence-electron chi connectivity index (χ4n) is 1.65. The van der Waals surface area contributed by atoms with E-state index >= 15 is 0 Å². The normalized spacial score (nSPS) is 21.8. The van der Waals surface area contributed by atoms with Crippen LogP contribution in [0.15, 0.2) is 30.3 Å². The minimum atomic E-state index is -0.524. The monoisotopic (exact) mass is 223 g/mol. The number of nitrogens with one attached hydrogen (secondary N) is 1. The maximum Gasteiger partial charge on any atom is 0.106 e. The van der Waals surface area contributed by atoms with Gasteiger partial charge in [0.15, 0.2) is 0 Å². The van der Waals surface area contributed by atoms with Crippen LogP contribution < -0.4 is 5.32 Å². The molecule has 0 aromatic heterocycles. The Bertz CT molecular complexity index is 271. The smallest absolute Gasteiger partial charge is 0.106 e. The molecule has 2 unspecified atom stereocenters. The number of hydrogen-bond donors (Lipinski definition) is 2. The topological polar surface area (TPSA) is 41.5 Å². The van der Waals surface area contributed by atoms with Crippen molar-refractivity contribution in [2.45, 2.75) is 26.1 Å². The average Bonchev–Trinajstić information content (AvgIpc) is 2.42. The van der Waals surface area contributed by atoms with Crippen molar-refractivity contribution < 1.29 is 9.84 Å². The van der Waals surface area contributed by atoms with E-state index in [4.69, 9.17) is 4.74 Å². The molecule has 2 N–H and O–H groups in total. The summed E-state index contributed by atoms with van der Waals surface area (Å²) in [5.41, 5.74) is 0.918. The van der Waals surface area contributed by atoms with Crippen LogP contribution in [0.25, 0.3) is 0 Å². The van der Waals surface area contributed by atoms with Gasteiger partial charge in [-0.2, -0.15) is 0 Å². The minimum Gasteiger partial charge on any atom is -0.386 e. The van der Waals surface area contributed by atoms with Crippen molar-refractivity contribution in [2.24, 2.45) is 0 Å². The molecule has 0 spiro atoms. The van der Waals surface area contributed by atoms with E-state index in [1.165, 1.54) is 0 Å². The highest BCUT2D eigenvalue weighted by Crippen LogP contribution is 2.19. The molecule has 1 aromatic carbocycles. The van der Waals surface area contributed by atoms with E-state index < -0.39 is 6.10 Å². The molecule has 16 heavy (non-hydrogen) atoms. The van der Waals surface area contributed by atoms with E-state index in [2.05, 4.69) is 5.32 Å². The van der Waals surface area contributed by atoms with Crippen molar-refractivity contribution in [2.75, 3.05) is 19.7 Å². The first-order valence-electron chi connectivity index (χ1n) is 5.93. The first-order chi connectivity index (χ1) is 7.88. The number of ether oxygens (including phenoxy) is 1. The molecule has 2 rings (SSSR count). The summed E-state index contributed by atoms with van der Waals surface area (Å²) < 4.78 is 5.48. The Labute approximate surface area is 97.4 Å². The maximum absolute atomic E-state index is 9.98. The molecule has 3 nitrogen and oxygen atoms in total. The van der Waals surface area contributed by atoms with Crippen LogP contribution in [-0.2, 0) is 4.74 Å². The van der Waals surface area contributed by atoms with Crippen molar-refractivity contribution in [3.8, 4) is 0 Å². The van der Waals surface area contributed by atoms with Crippen molar-refractivity contribution in [1.82, 2.24) is 5.32 Å². The molecule has 1 aromatic rings. The van der Waals surface area contributed by atoms with E-state index in [9.17, 15) is 5.11 Å².